The molecular formula is C22H24N4O3. The van der Waals surface area contributed by atoms with Crippen molar-refractivity contribution in [2.24, 2.45) is 5.92 Å². The van der Waals surface area contributed by atoms with Crippen LogP contribution in [-0.4, -0.2) is 34.8 Å². The summed E-state index contributed by atoms with van der Waals surface area (Å²) in [5.74, 6) is 1.20. The van der Waals surface area contributed by atoms with Crippen molar-refractivity contribution in [1.82, 2.24) is 20.5 Å². The van der Waals surface area contributed by atoms with E-state index in [1.165, 1.54) is 6.42 Å². The molecule has 1 aliphatic rings. The molecule has 1 fully saturated rings. The molecule has 7 heteroatoms. The zero-order chi connectivity index (χ0) is 20.1. The second-order valence-corrected chi connectivity index (χ2v) is 7.22. The van der Waals surface area contributed by atoms with E-state index in [2.05, 4.69) is 20.5 Å². The Bertz CT molecular complexity index is 953. The highest BCUT2D eigenvalue weighted by atomic mass is 16.5. The van der Waals surface area contributed by atoms with E-state index in [9.17, 15) is 4.79 Å². The smallest absolute Gasteiger partial charge is 0.251 e. The number of carbonyl (C=O) groups is 1. The van der Waals surface area contributed by atoms with Gasteiger partial charge in [-0.15, -0.1) is 10.2 Å². The minimum atomic E-state index is -0.131. The largest absolute Gasteiger partial charge is 0.421 e. The number of aromatic nitrogens is 3. The summed E-state index contributed by atoms with van der Waals surface area (Å²) in [5, 5.41) is 11.3. The Kier molecular flexibility index (Phi) is 5.95. The van der Waals surface area contributed by atoms with Gasteiger partial charge in [-0.3, -0.25) is 9.78 Å². The molecule has 0 saturated heterocycles. The van der Waals surface area contributed by atoms with Gasteiger partial charge in [0.2, 0.25) is 11.8 Å². The lowest BCUT2D eigenvalue weighted by Crippen LogP contribution is -2.36. The third kappa shape index (κ3) is 4.51. The van der Waals surface area contributed by atoms with Gasteiger partial charge in [0, 0.05) is 30.9 Å². The van der Waals surface area contributed by atoms with Crippen LogP contribution in [0, 0.1) is 5.92 Å². The quantitative estimate of drug-likeness (QED) is 0.630. The van der Waals surface area contributed by atoms with E-state index in [-0.39, 0.29) is 11.9 Å². The summed E-state index contributed by atoms with van der Waals surface area (Å²) >= 11 is 0. The van der Waals surface area contributed by atoms with Crippen molar-refractivity contribution in [1.29, 1.82) is 0 Å². The minimum Gasteiger partial charge on any atom is -0.421 e. The number of benzene rings is 1. The van der Waals surface area contributed by atoms with E-state index >= 15 is 0 Å². The first-order valence-corrected chi connectivity index (χ1v) is 9.88. The molecule has 0 aliphatic heterocycles. The maximum absolute atomic E-state index is 13.0. The van der Waals surface area contributed by atoms with Crippen molar-refractivity contribution < 1.29 is 13.9 Å². The molecule has 0 unspecified atom stereocenters. The van der Waals surface area contributed by atoms with Gasteiger partial charge in [-0.2, -0.15) is 0 Å². The van der Waals surface area contributed by atoms with Crippen LogP contribution in [0.1, 0.15) is 47.2 Å². The van der Waals surface area contributed by atoms with E-state index < -0.39 is 0 Å². The zero-order valence-corrected chi connectivity index (χ0v) is 16.4. The maximum Gasteiger partial charge on any atom is 0.251 e. The highest BCUT2D eigenvalue weighted by molar-refractivity contribution is 5.95. The van der Waals surface area contributed by atoms with Gasteiger partial charge in [0.25, 0.3) is 5.91 Å². The van der Waals surface area contributed by atoms with Gasteiger partial charge < -0.3 is 14.5 Å². The monoisotopic (exact) mass is 392 g/mol. The summed E-state index contributed by atoms with van der Waals surface area (Å²) in [6.45, 7) is 0.514. The number of nitrogens with one attached hydrogen (secondary N) is 1. The molecule has 7 nitrogen and oxygen atoms in total. The van der Waals surface area contributed by atoms with E-state index in [1.807, 2.05) is 30.3 Å². The molecule has 1 aliphatic carbocycles. The fourth-order valence-corrected chi connectivity index (χ4v) is 3.45. The number of nitrogens with zero attached hydrogens (tertiary/aromatic N) is 3. The Morgan fingerprint density at radius 3 is 2.86 bits per heavy atom. The normalized spacial score (nSPS) is 14.9. The topological polar surface area (TPSA) is 90.1 Å². The molecule has 1 saturated carbocycles. The number of ether oxygens (including phenoxy) is 1. The van der Waals surface area contributed by atoms with E-state index in [4.69, 9.17) is 9.15 Å². The third-order valence-corrected chi connectivity index (χ3v) is 5.27. The highest BCUT2D eigenvalue weighted by Gasteiger charge is 2.30. The second kappa shape index (κ2) is 8.96. The Labute approximate surface area is 169 Å². The van der Waals surface area contributed by atoms with Crippen molar-refractivity contribution in [2.75, 3.05) is 13.7 Å². The first kappa shape index (κ1) is 19.3. The summed E-state index contributed by atoms with van der Waals surface area (Å²) in [7, 11) is 1.63. The number of hydrogen-bond donors (Lipinski definition) is 1. The molecule has 1 amide bonds. The van der Waals surface area contributed by atoms with Crippen LogP contribution < -0.4 is 5.32 Å². The average molecular weight is 392 g/mol. The molecule has 4 rings (SSSR count). The van der Waals surface area contributed by atoms with Crippen molar-refractivity contribution >= 4 is 5.91 Å². The summed E-state index contributed by atoms with van der Waals surface area (Å²) in [6, 6.07) is 13.0. The lowest BCUT2D eigenvalue weighted by atomic mass is 9.78. The Balaban J connectivity index is 1.51. The molecule has 1 N–H and O–H groups in total. The molecule has 1 aromatic carbocycles. The minimum absolute atomic E-state index is 0.0786. The van der Waals surface area contributed by atoms with Crippen LogP contribution >= 0.6 is 0 Å². The van der Waals surface area contributed by atoms with Crippen LogP contribution in [0.2, 0.25) is 0 Å². The predicted molar refractivity (Wildman–Crippen MR) is 107 cm³/mol. The number of amides is 1. The van der Waals surface area contributed by atoms with Crippen molar-refractivity contribution in [3.63, 3.8) is 0 Å². The van der Waals surface area contributed by atoms with Gasteiger partial charge in [-0.1, -0.05) is 18.6 Å². The number of rotatable bonds is 8. The summed E-state index contributed by atoms with van der Waals surface area (Å²) < 4.78 is 10.7. The van der Waals surface area contributed by atoms with Gasteiger partial charge in [-0.05, 0) is 49.1 Å². The van der Waals surface area contributed by atoms with Crippen molar-refractivity contribution in [2.45, 2.75) is 31.7 Å². The summed E-state index contributed by atoms with van der Waals surface area (Å²) in [4.78, 5) is 17.4. The van der Waals surface area contributed by atoms with Crippen LogP contribution in [0.5, 0.6) is 0 Å². The van der Waals surface area contributed by atoms with Gasteiger partial charge >= 0.3 is 0 Å². The molecule has 0 bridgehead atoms. The molecule has 3 aromatic rings. The predicted octanol–water partition coefficient (Wildman–Crippen LogP) is 3.59. The van der Waals surface area contributed by atoms with E-state index in [0.29, 0.717) is 41.9 Å². The van der Waals surface area contributed by atoms with E-state index in [0.717, 1.165) is 18.5 Å². The van der Waals surface area contributed by atoms with Gasteiger partial charge in [0.1, 0.15) is 0 Å². The molecule has 2 heterocycles. The fourth-order valence-electron chi connectivity index (χ4n) is 3.45. The molecule has 0 spiro atoms. The molecule has 1 atom stereocenters. The zero-order valence-electron chi connectivity index (χ0n) is 16.4. The lowest BCUT2D eigenvalue weighted by Gasteiger charge is -2.34. The second-order valence-electron chi connectivity index (χ2n) is 7.22. The van der Waals surface area contributed by atoms with Crippen LogP contribution in [0.3, 0.4) is 0 Å². The average Bonchev–Trinajstić information content (AvgIpc) is 3.20. The number of pyridine rings is 1. The molecular weight excluding hydrogens is 368 g/mol. The lowest BCUT2D eigenvalue weighted by molar-refractivity contribution is 0.0898. The number of hydrogen-bond acceptors (Lipinski definition) is 6. The molecule has 0 radical (unpaired) electrons. The Hall–Kier alpha value is -3.06. The van der Waals surface area contributed by atoms with Crippen molar-refractivity contribution in [3.8, 4) is 11.5 Å². The summed E-state index contributed by atoms with van der Waals surface area (Å²) in [5.41, 5.74) is 2.17. The first-order chi connectivity index (χ1) is 14.2. The van der Waals surface area contributed by atoms with Crippen LogP contribution in [0.15, 0.2) is 53.1 Å². The van der Waals surface area contributed by atoms with E-state index in [1.54, 1.807) is 25.4 Å². The Morgan fingerprint density at radius 1 is 1.24 bits per heavy atom. The van der Waals surface area contributed by atoms with Crippen LogP contribution in [0.4, 0.5) is 0 Å². The number of carbonyl (C=O) groups excluding carboxylic acids is 1. The first-order valence-electron chi connectivity index (χ1n) is 9.88. The molecule has 29 heavy (non-hydrogen) atoms. The van der Waals surface area contributed by atoms with Crippen LogP contribution in [0.25, 0.3) is 11.5 Å². The molecule has 150 valence electrons. The van der Waals surface area contributed by atoms with Gasteiger partial charge in [-0.25, -0.2) is 0 Å². The third-order valence-electron chi connectivity index (χ3n) is 5.27. The maximum atomic E-state index is 13.0. The molecule has 2 aromatic heterocycles. The SMILES string of the molecule is COCCc1nnc(-c2cccc(C(=O)N[C@@H](c3ccccn3)C3CCC3)c2)o1. The van der Waals surface area contributed by atoms with Gasteiger partial charge in [0.15, 0.2) is 0 Å². The highest BCUT2D eigenvalue weighted by Crippen LogP contribution is 2.37. The van der Waals surface area contributed by atoms with Crippen LogP contribution in [-0.2, 0) is 11.2 Å². The number of methoxy groups -OCH3 is 1. The summed E-state index contributed by atoms with van der Waals surface area (Å²) in [6.07, 6.45) is 5.73. The standard InChI is InChI=1S/C22H24N4O3/c1-28-13-11-19-25-26-22(29-19)17-9-5-8-16(14-17)21(27)24-20(15-6-4-7-15)18-10-2-3-12-23-18/h2-3,5,8-10,12,14-15,20H,4,6-7,11,13H2,1H3,(H,24,27)/t20-/m1/s1. The Morgan fingerprint density at radius 2 is 2.14 bits per heavy atom. The van der Waals surface area contributed by atoms with Gasteiger partial charge in [0.05, 0.1) is 18.3 Å². The fraction of sp³-hybridized carbons (Fsp3) is 0.364. The van der Waals surface area contributed by atoms with Crippen molar-refractivity contribution in [3.05, 3.63) is 65.8 Å².